The Balaban J connectivity index is 2.48. The van der Waals surface area contributed by atoms with Crippen LogP contribution in [0.15, 0.2) is 35.2 Å². The zero-order valence-electron chi connectivity index (χ0n) is 16.8. The van der Waals surface area contributed by atoms with Crippen LogP contribution in [0.25, 0.3) is 0 Å². The molecule has 0 N–H and O–H groups in total. The Kier molecular flexibility index (Phi) is 8.24. The molecule has 0 saturated heterocycles. The SMILES string of the molecule is COC(=O)C(CCn1c(C(=O)c2ccccc2S(=O)(=O)OC)cc(Cl)c1Cl)C(=O)OC. The van der Waals surface area contributed by atoms with Crippen LogP contribution in [0.5, 0.6) is 0 Å². The first-order chi connectivity index (χ1) is 14.6. The van der Waals surface area contributed by atoms with Crippen LogP contribution in [0.4, 0.5) is 0 Å². The smallest absolute Gasteiger partial charge is 0.320 e. The second-order valence-electron chi connectivity index (χ2n) is 6.15. The largest absolute Gasteiger partial charge is 0.468 e. The van der Waals surface area contributed by atoms with E-state index >= 15 is 0 Å². The fraction of sp³-hybridized carbons (Fsp3) is 0.316. The number of ether oxygens (including phenoxy) is 2. The maximum Gasteiger partial charge on any atom is 0.320 e. The number of methoxy groups -OCH3 is 2. The Morgan fingerprint density at radius 2 is 1.61 bits per heavy atom. The summed E-state index contributed by atoms with van der Waals surface area (Å²) in [6.45, 7) is -0.0827. The van der Waals surface area contributed by atoms with Crippen LogP contribution in [0, 0.1) is 5.92 Å². The van der Waals surface area contributed by atoms with E-state index in [1.54, 1.807) is 0 Å². The molecule has 2 aromatic rings. The molecular weight excluding hydrogens is 473 g/mol. The Hall–Kier alpha value is -2.40. The maximum absolute atomic E-state index is 13.2. The van der Waals surface area contributed by atoms with Gasteiger partial charge in [-0.15, -0.1) is 0 Å². The van der Waals surface area contributed by atoms with E-state index in [2.05, 4.69) is 13.7 Å². The first-order valence-electron chi connectivity index (χ1n) is 8.73. The van der Waals surface area contributed by atoms with Gasteiger partial charge in [0.25, 0.3) is 10.1 Å². The minimum Gasteiger partial charge on any atom is -0.468 e. The van der Waals surface area contributed by atoms with Gasteiger partial charge >= 0.3 is 11.9 Å². The van der Waals surface area contributed by atoms with E-state index in [4.69, 9.17) is 23.2 Å². The number of benzene rings is 1. The van der Waals surface area contributed by atoms with Crippen molar-refractivity contribution in [2.75, 3.05) is 21.3 Å². The van der Waals surface area contributed by atoms with Crippen LogP contribution in [-0.4, -0.2) is 52.0 Å². The van der Waals surface area contributed by atoms with Crippen molar-refractivity contribution in [2.45, 2.75) is 17.9 Å². The van der Waals surface area contributed by atoms with Crippen molar-refractivity contribution >= 4 is 51.0 Å². The molecular formula is C19H19Cl2NO8S. The number of rotatable bonds is 9. The monoisotopic (exact) mass is 491 g/mol. The van der Waals surface area contributed by atoms with Crippen LogP contribution < -0.4 is 0 Å². The van der Waals surface area contributed by atoms with Crippen LogP contribution in [0.1, 0.15) is 22.5 Å². The lowest BCUT2D eigenvalue weighted by Gasteiger charge is -2.15. The predicted octanol–water partition coefficient (Wildman–Crippen LogP) is 2.71. The summed E-state index contributed by atoms with van der Waals surface area (Å²) in [7, 11) is -0.943. The molecule has 0 unspecified atom stereocenters. The van der Waals surface area contributed by atoms with E-state index in [1.165, 1.54) is 34.9 Å². The standard InChI is InChI=1S/C19H19Cl2NO8S/c1-28-18(24)12(19(25)29-2)8-9-22-14(10-13(20)17(22)21)16(23)11-6-4-5-7-15(11)31(26,27)30-3/h4-7,10,12H,8-9H2,1-3H3. The van der Waals surface area contributed by atoms with Gasteiger partial charge in [-0.2, -0.15) is 8.42 Å². The molecule has 0 aliphatic rings. The Morgan fingerprint density at radius 1 is 1.03 bits per heavy atom. The third-order valence-corrected chi connectivity index (χ3v) is 6.58. The van der Waals surface area contributed by atoms with Crippen molar-refractivity contribution in [3.63, 3.8) is 0 Å². The van der Waals surface area contributed by atoms with Crippen LogP contribution >= 0.6 is 23.2 Å². The zero-order chi connectivity index (χ0) is 23.3. The average molecular weight is 492 g/mol. The quantitative estimate of drug-likeness (QED) is 0.227. The minimum atomic E-state index is -4.17. The van der Waals surface area contributed by atoms with Gasteiger partial charge in [0.15, 0.2) is 5.92 Å². The molecule has 0 aliphatic heterocycles. The lowest BCUT2D eigenvalue weighted by molar-refractivity contribution is -0.159. The van der Waals surface area contributed by atoms with E-state index in [-0.39, 0.29) is 39.3 Å². The van der Waals surface area contributed by atoms with Gasteiger partial charge in [0.05, 0.1) is 32.0 Å². The van der Waals surface area contributed by atoms with Crippen molar-refractivity contribution in [3.05, 3.63) is 51.8 Å². The molecule has 1 aromatic carbocycles. The van der Waals surface area contributed by atoms with Gasteiger partial charge in [0, 0.05) is 12.1 Å². The summed E-state index contributed by atoms with van der Waals surface area (Å²) < 4.78 is 39.5. The second-order valence-corrected chi connectivity index (χ2v) is 8.60. The van der Waals surface area contributed by atoms with Gasteiger partial charge < -0.3 is 14.0 Å². The summed E-state index contributed by atoms with van der Waals surface area (Å²) in [6, 6.07) is 6.75. The molecule has 0 fully saturated rings. The third-order valence-electron chi connectivity index (χ3n) is 4.45. The van der Waals surface area contributed by atoms with Gasteiger partial charge in [-0.25, -0.2) is 0 Å². The molecule has 0 aliphatic carbocycles. The van der Waals surface area contributed by atoms with Crippen molar-refractivity contribution in [3.8, 4) is 0 Å². The number of aromatic nitrogens is 1. The lowest BCUT2D eigenvalue weighted by Crippen LogP contribution is -2.28. The molecule has 0 spiro atoms. The van der Waals surface area contributed by atoms with Crippen molar-refractivity contribution in [1.29, 1.82) is 0 Å². The highest BCUT2D eigenvalue weighted by molar-refractivity contribution is 7.86. The van der Waals surface area contributed by atoms with Gasteiger partial charge in [-0.05, 0) is 24.6 Å². The van der Waals surface area contributed by atoms with Crippen molar-refractivity contribution < 1.29 is 36.5 Å². The molecule has 2 rings (SSSR count). The molecule has 0 amide bonds. The lowest BCUT2D eigenvalue weighted by atomic mass is 10.1. The molecule has 9 nitrogen and oxygen atoms in total. The first-order valence-corrected chi connectivity index (χ1v) is 10.9. The van der Waals surface area contributed by atoms with E-state index in [0.717, 1.165) is 21.3 Å². The zero-order valence-corrected chi connectivity index (χ0v) is 19.1. The molecule has 0 atom stereocenters. The highest BCUT2D eigenvalue weighted by Gasteiger charge is 2.31. The molecule has 0 bridgehead atoms. The average Bonchev–Trinajstić information content (AvgIpc) is 3.06. The molecule has 31 heavy (non-hydrogen) atoms. The molecule has 12 heteroatoms. The van der Waals surface area contributed by atoms with E-state index in [1.807, 2.05) is 0 Å². The maximum atomic E-state index is 13.2. The van der Waals surface area contributed by atoms with Crippen LogP contribution in [0.3, 0.4) is 0 Å². The first kappa shape index (κ1) is 24.9. The van der Waals surface area contributed by atoms with Crippen molar-refractivity contribution in [1.82, 2.24) is 4.57 Å². The predicted molar refractivity (Wildman–Crippen MR) is 111 cm³/mol. The Labute approximate surface area is 188 Å². The topological polar surface area (TPSA) is 118 Å². The Morgan fingerprint density at radius 3 is 2.16 bits per heavy atom. The molecule has 0 radical (unpaired) electrons. The number of carbonyl (C=O) groups excluding carboxylic acids is 3. The van der Waals surface area contributed by atoms with E-state index in [0.29, 0.717) is 0 Å². The van der Waals surface area contributed by atoms with E-state index < -0.39 is 33.8 Å². The Bertz CT molecular complexity index is 1090. The highest BCUT2D eigenvalue weighted by Crippen LogP contribution is 2.30. The van der Waals surface area contributed by atoms with Crippen molar-refractivity contribution in [2.24, 2.45) is 5.92 Å². The summed E-state index contributed by atoms with van der Waals surface area (Å²) in [5.74, 6) is -3.58. The van der Waals surface area contributed by atoms with Gasteiger partial charge in [0.1, 0.15) is 10.0 Å². The number of halogens is 2. The van der Waals surface area contributed by atoms with Gasteiger partial charge in [0.2, 0.25) is 5.78 Å². The summed E-state index contributed by atoms with van der Waals surface area (Å²) in [5.41, 5.74) is -0.198. The number of esters is 2. The number of carbonyl (C=O) groups is 3. The van der Waals surface area contributed by atoms with E-state index in [9.17, 15) is 22.8 Å². The molecule has 1 aromatic heterocycles. The summed E-state index contributed by atoms with van der Waals surface area (Å²) in [5, 5.41) is 0.00959. The second kappa shape index (κ2) is 10.3. The highest BCUT2D eigenvalue weighted by atomic mass is 35.5. The van der Waals surface area contributed by atoms with Gasteiger partial charge in [-0.3, -0.25) is 18.6 Å². The summed E-state index contributed by atoms with van der Waals surface area (Å²) in [6.07, 6.45) is -0.109. The number of ketones is 1. The summed E-state index contributed by atoms with van der Waals surface area (Å²) >= 11 is 12.3. The minimum absolute atomic E-state index is 0.0226. The number of nitrogens with zero attached hydrogens (tertiary/aromatic N) is 1. The summed E-state index contributed by atoms with van der Waals surface area (Å²) in [4.78, 5) is 36.7. The fourth-order valence-electron chi connectivity index (χ4n) is 2.87. The van der Waals surface area contributed by atoms with Gasteiger partial charge in [-0.1, -0.05) is 35.3 Å². The molecule has 1 heterocycles. The van der Waals surface area contributed by atoms with Crippen LogP contribution in [0.2, 0.25) is 10.2 Å². The third kappa shape index (κ3) is 5.27. The van der Waals surface area contributed by atoms with Crippen LogP contribution in [-0.2, 0) is 39.9 Å². The normalized spacial score (nSPS) is 11.4. The fourth-order valence-corrected chi connectivity index (χ4v) is 4.16. The molecule has 168 valence electrons. The number of hydrogen-bond acceptors (Lipinski definition) is 8. The molecule has 0 saturated carbocycles. The number of hydrogen-bond donors (Lipinski definition) is 0.